The van der Waals surface area contributed by atoms with Crippen LogP contribution >= 0.6 is 22.9 Å². The summed E-state index contributed by atoms with van der Waals surface area (Å²) in [5.74, 6) is -0.138. The van der Waals surface area contributed by atoms with Crippen LogP contribution in [0.1, 0.15) is 28.9 Å². The van der Waals surface area contributed by atoms with Crippen LogP contribution in [0.5, 0.6) is 0 Å². The smallest absolute Gasteiger partial charge is 0.273 e. The number of morpholine rings is 1. The van der Waals surface area contributed by atoms with Gasteiger partial charge in [-0.2, -0.15) is 0 Å². The van der Waals surface area contributed by atoms with Crippen molar-refractivity contribution in [2.75, 3.05) is 44.7 Å². The number of ether oxygens (including phenoxy) is 1. The van der Waals surface area contributed by atoms with E-state index in [1.54, 1.807) is 10.3 Å². The van der Waals surface area contributed by atoms with Crippen molar-refractivity contribution in [2.24, 2.45) is 5.92 Å². The molecule has 2 aliphatic heterocycles. The average molecular weight is 449 g/mol. The fourth-order valence-corrected chi connectivity index (χ4v) is 4.71. The van der Waals surface area contributed by atoms with Crippen molar-refractivity contribution in [3.63, 3.8) is 0 Å². The minimum atomic E-state index is -0.147. The van der Waals surface area contributed by atoms with Crippen LogP contribution in [0.15, 0.2) is 23.6 Å². The highest BCUT2D eigenvalue weighted by Crippen LogP contribution is 2.27. The number of carbonyl (C=O) groups excluding carboxylic acids is 2. The Morgan fingerprint density at radius 1 is 1.23 bits per heavy atom. The molecule has 2 saturated heterocycles. The molecule has 2 amide bonds. The number of amides is 2. The van der Waals surface area contributed by atoms with E-state index >= 15 is 0 Å². The highest BCUT2D eigenvalue weighted by atomic mass is 35.5. The van der Waals surface area contributed by atoms with E-state index in [4.69, 9.17) is 16.3 Å². The molecule has 3 heterocycles. The summed E-state index contributed by atoms with van der Waals surface area (Å²) in [5, 5.41) is 6.28. The molecule has 7 nitrogen and oxygen atoms in total. The van der Waals surface area contributed by atoms with Gasteiger partial charge in [-0.3, -0.25) is 9.59 Å². The van der Waals surface area contributed by atoms with Gasteiger partial charge in [0.15, 0.2) is 5.13 Å². The molecule has 2 fully saturated rings. The summed E-state index contributed by atoms with van der Waals surface area (Å²) >= 11 is 7.46. The molecule has 1 aromatic heterocycles. The normalized spacial score (nSPS) is 19.6. The second-order valence-electron chi connectivity index (χ2n) is 7.65. The lowest BCUT2D eigenvalue weighted by molar-refractivity contribution is -0.141. The molecule has 30 heavy (non-hydrogen) atoms. The zero-order valence-corrected chi connectivity index (χ0v) is 18.5. The maximum Gasteiger partial charge on any atom is 0.273 e. The monoisotopic (exact) mass is 448 g/mol. The lowest BCUT2D eigenvalue weighted by atomic mass is 9.96. The van der Waals surface area contributed by atoms with Crippen molar-refractivity contribution in [3.8, 4) is 0 Å². The van der Waals surface area contributed by atoms with E-state index in [1.807, 2.05) is 30.0 Å². The van der Waals surface area contributed by atoms with Crippen LogP contribution < -0.4 is 5.32 Å². The van der Waals surface area contributed by atoms with Crippen LogP contribution in [-0.4, -0.2) is 66.0 Å². The summed E-state index contributed by atoms with van der Waals surface area (Å²) in [6.07, 6.45) is 1.64. The molecule has 0 aliphatic carbocycles. The van der Waals surface area contributed by atoms with E-state index in [9.17, 15) is 9.59 Å². The van der Waals surface area contributed by atoms with Crippen molar-refractivity contribution in [1.29, 1.82) is 0 Å². The Balaban J connectivity index is 1.40. The molecule has 1 atom stereocenters. The minimum absolute atomic E-state index is 0.124. The van der Waals surface area contributed by atoms with Gasteiger partial charge in [-0.15, -0.1) is 11.3 Å². The van der Waals surface area contributed by atoms with Crippen LogP contribution in [0.25, 0.3) is 0 Å². The van der Waals surface area contributed by atoms with Gasteiger partial charge in [0, 0.05) is 42.3 Å². The Hall–Kier alpha value is -2.16. The fraction of sp³-hybridized carbons (Fsp3) is 0.476. The molecule has 1 unspecified atom stereocenters. The first-order valence-corrected chi connectivity index (χ1v) is 11.4. The van der Waals surface area contributed by atoms with E-state index in [-0.39, 0.29) is 17.7 Å². The highest BCUT2D eigenvalue weighted by Gasteiger charge is 2.32. The maximum absolute atomic E-state index is 13.0. The fourth-order valence-electron chi connectivity index (χ4n) is 3.84. The highest BCUT2D eigenvalue weighted by molar-refractivity contribution is 7.14. The zero-order valence-electron chi connectivity index (χ0n) is 16.9. The zero-order chi connectivity index (χ0) is 21.1. The van der Waals surface area contributed by atoms with Gasteiger partial charge >= 0.3 is 0 Å². The second kappa shape index (κ2) is 9.32. The SMILES string of the molecule is Cc1ccc(Cl)cc1Nc1nc(C(=O)N2CCCC(C(=O)N3CCOCC3)C2)cs1. The molecule has 2 aromatic rings. The third-order valence-electron chi connectivity index (χ3n) is 5.55. The van der Waals surface area contributed by atoms with Crippen LogP contribution in [0.3, 0.4) is 0 Å². The number of hydrogen-bond donors (Lipinski definition) is 1. The quantitative estimate of drug-likeness (QED) is 0.774. The summed E-state index contributed by atoms with van der Waals surface area (Å²) in [6.45, 7) is 5.52. The first-order valence-electron chi connectivity index (χ1n) is 10.2. The van der Waals surface area contributed by atoms with E-state index in [0.29, 0.717) is 55.2 Å². The van der Waals surface area contributed by atoms with Crippen LogP contribution in [0, 0.1) is 12.8 Å². The number of nitrogens with one attached hydrogen (secondary N) is 1. The molecule has 1 N–H and O–H groups in total. The number of rotatable bonds is 4. The van der Waals surface area contributed by atoms with Gasteiger partial charge < -0.3 is 19.9 Å². The van der Waals surface area contributed by atoms with Crippen LogP contribution in [0.4, 0.5) is 10.8 Å². The number of piperidine rings is 1. The summed E-state index contributed by atoms with van der Waals surface area (Å²) < 4.78 is 5.33. The average Bonchev–Trinajstić information content (AvgIpc) is 3.24. The van der Waals surface area contributed by atoms with Gasteiger partial charge in [-0.1, -0.05) is 17.7 Å². The molecule has 4 rings (SSSR count). The molecule has 160 valence electrons. The maximum atomic E-state index is 13.0. The topological polar surface area (TPSA) is 74.8 Å². The summed E-state index contributed by atoms with van der Waals surface area (Å²) in [6, 6.07) is 5.61. The minimum Gasteiger partial charge on any atom is -0.378 e. The number of hydrogen-bond acceptors (Lipinski definition) is 6. The number of likely N-dealkylation sites (tertiary alicyclic amines) is 1. The van der Waals surface area contributed by atoms with Gasteiger partial charge in [0.1, 0.15) is 5.69 Å². The summed E-state index contributed by atoms with van der Waals surface area (Å²) in [7, 11) is 0. The van der Waals surface area contributed by atoms with Gasteiger partial charge in [-0.25, -0.2) is 4.98 Å². The van der Waals surface area contributed by atoms with Crippen molar-refractivity contribution in [1.82, 2.24) is 14.8 Å². The number of aromatic nitrogens is 1. The molecular formula is C21H25ClN4O3S. The molecule has 2 aliphatic rings. The molecule has 9 heteroatoms. The number of thiazole rings is 1. The van der Waals surface area contributed by atoms with Gasteiger partial charge in [-0.05, 0) is 37.5 Å². The van der Waals surface area contributed by atoms with E-state index < -0.39 is 0 Å². The standard InChI is InChI=1S/C21H25ClN4O3S/c1-14-4-5-16(22)11-17(14)23-21-24-18(13-30-21)20(28)26-6-2-3-15(12-26)19(27)25-7-9-29-10-8-25/h4-5,11,13,15H,2-3,6-10,12H2,1H3,(H,23,24). The molecule has 0 spiro atoms. The number of benzene rings is 1. The third-order valence-corrected chi connectivity index (χ3v) is 6.54. The first-order chi connectivity index (χ1) is 14.5. The van der Waals surface area contributed by atoms with Crippen molar-refractivity contribution in [3.05, 3.63) is 39.9 Å². The lowest BCUT2D eigenvalue weighted by Gasteiger charge is -2.36. The predicted octanol–water partition coefficient (Wildman–Crippen LogP) is 3.56. The van der Waals surface area contributed by atoms with Gasteiger partial charge in [0.25, 0.3) is 5.91 Å². The third kappa shape index (κ3) is 4.77. The van der Waals surface area contributed by atoms with Crippen LogP contribution in [0.2, 0.25) is 5.02 Å². The predicted molar refractivity (Wildman–Crippen MR) is 118 cm³/mol. The largest absolute Gasteiger partial charge is 0.378 e. The molecule has 1 aromatic carbocycles. The van der Waals surface area contributed by atoms with E-state index in [1.165, 1.54) is 11.3 Å². The van der Waals surface area contributed by atoms with Gasteiger partial charge in [0.05, 0.1) is 19.1 Å². The van der Waals surface area contributed by atoms with Crippen molar-refractivity contribution >= 4 is 45.6 Å². The molecular weight excluding hydrogens is 424 g/mol. The Kier molecular flexibility index (Phi) is 6.55. The Morgan fingerprint density at radius 3 is 2.83 bits per heavy atom. The molecule has 0 radical (unpaired) electrons. The van der Waals surface area contributed by atoms with Crippen molar-refractivity contribution < 1.29 is 14.3 Å². The number of nitrogens with zero attached hydrogens (tertiary/aromatic N) is 3. The number of aryl methyl sites for hydroxylation is 1. The summed E-state index contributed by atoms with van der Waals surface area (Å²) in [5.41, 5.74) is 2.31. The summed E-state index contributed by atoms with van der Waals surface area (Å²) in [4.78, 5) is 33.9. The van der Waals surface area contributed by atoms with E-state index in [2.05, 4.69) is 10.3 Å². The number of halogens is 1. The van der Waals surface area contributed by atoms with E-state index in [0.717, 1.165) is 24.1 Å². The van der Waals surface area contributed by atoms with Gasteiger partial charge in [0.2, 0.25) is 5.91 Å². The number of carbonyl (C=O) groups is 2. The Morgan fingerprint density at radius 2 is 2.03 bits per heavy atom. The van der Waals surface area contributed by atoms with Crippen molar-refractivity contribution in [2.45, 2.75) is 19.8 Å². The lowest BCUT2D eigenvalue weighted by Crippen LogP contribution is -2.49. The first kappa shape index (κ1) is 21.1. The second-order valence-corrected chi connectivity index (χ2v) is 8.94. The molecule has 0 bridgehead atoms. The molecule has 0 saturated carbocycles. The Bertz CT molecular complexity index is 929. The van der Waals surface area contributed by atoms with Crippen LogP contribution in [-0.2, 0) is 9.53 Å². The number of anilines is 2. The Labute approximate surface area is 185 Å².